The van der Waals surface area contributed by atoms with E-state index in [4.69, 9.17) is 3.80 Å². The summed E-state index contributed by atoms with van der Waals surface area (Å²) in [6.45, 7) is 0. The Labute approximate surface area is 37.8 Å². The van der Waals surface area contributed by atoms with Gasteiger partial charge in [0.05, 0.1) is 0 Å². The van der Waals surface area contributed by atoms with E-state index in [9.17, 15) is 0 Å². The minimum absolute atomic E-state index is 0. The second-order valence-corrected chi connectivity index (χ2v) is 0. The summed E-state index contributed by atoms with van der Waals surface area (Å²) in [5.41, 5.74) is 0. The Balaban J connectivity index is -0.00000000500. The van der Waals surface area contributed by atoms with E-state index in [1.165, 1.54) is 16.2 Å². The Morgan fingerprint density at radius 2 is 1.25 bits per heavy atom. The van der Waals surface area contributed by atoms with Gasteiger partial charge < -0.3 is 0 Å². The molecule has 0 aromatic carbocycles. The van der Waals surface area contributed by atoms with Gasteiger partial charge in [0, 0.05) is 0 Å². The molecule has 0 saturated carbocycles. The van der Waals surface area contributed by atoms with Gasteiger partial charge in [0.25, 0.3) is 0 Å². The van der Waals surface area contributed by atoms with E-state index < -0.39 is 0 Å². The summed E-state index contributed by atoms with van der Waals surface area (Å²) in [4.78, 5) is 0. The van der Waals surface area contributed by atoms with Crippen LogP contribution in [-0.2, 0) is 3.80 Å². The summed E-state index contributed by atoms with van der Waals surface area (Å²) in [6.07, 6.45) is 0. The molecule has 0 bridgehead atoms. The first kappa shape index (κ1) is 23.8. The van der Waals surface area contributed by atoms with Crippen LogP contribution >= 0.6 is 12.4 Å². The van der Waals surface area contributed by atoms with Crippen molar-refractivity contribution in [1.82, 2.24) is 0 Å². The van der Waals surface area contributed by atoms with Gasteiger partial charge in [-0.1, -0.05) is 0 Å². The van der Waals surface area contributed by atoms with Crippen LogP contribution in [0, 0.1) is 0 Å². The first-order valence-corrected chi connectivity index (χ1v) is 0.707. The van der Waals surface area contributed by atoms with Crippen LogP contribution in [0.3, 0.4) is 0 Å². The molecule has 0 aliphatic carbocycles. The van der Waals surface area contributed by atoms with Gasteiger partial charge in [0.15, 0.2) is 0 Å². The molecule has 1 radical (unpaired) electrons. The summed E-state index contributed by atoms with van der Waals surface area (Å²) in [5, 5.41) is 0. The SMILES string of the molecule is Cl.F.[O]=[Al]. The van der Waals surface area contributed by atoms with Crippen LogP contribution in [0.15, 0.2) is 0 Å². The predicted molar refractivity (Wildman–Crippen MR) is 16.2 cm³/mol. The minimum atomic E-state index is 0. The molecule has 0 N–H and O–H groups in total. The molecule has 0 saturated heterocycles. The number of hydrogen-bond donors (Lipinski definition) is 0. The third kappa shape index (κ3) is 20.2. The van der Waals surface area contributed by atoms with Crippen molar-refractivity contribution in [2.24, 2.45) is 0 Å². The van der Waals surface area contributed by atoms with Gasteiger partial charge in [-0.05, 0) is 0 Å². The van der Waals surface area contributed by atoms with Crippen molar-refractivity contribution in [1.29, 1.82) is 0 Å². The summed E-state index contributed by atoms with van der Waals surface area (Å²) < 4.78 is 8.17. The molecule has 0 aliphatic heterocycles. The van der Waals surface area contributed by atoms with Gasteiger partial charge in [-0.3, -0.25) is 4.70 Å². The molecule has 0 heterocycles. The van der Waals surface area contributed by atoms with E-state index in [1.54, 1.807) is 0 Å². The quantitative estimate of drug-likeness (QED) is 0.393. The van der Waals surface area contributed by atoms with E-state index in [-0.39, 0.29) is 17.1 Å². The van der Waals surface area contributed by atoms with Crippen LogP contribution < -0.4 is 0 Å². The Bertz CT molecular complexity index is 8.00. The summed E-state index contributed by atoms with van der Waals surface area (Å²) >= 11 is 1.17. The Hall–Kier alpha value is 0.552. The number of hydrogen-bond acceptors (Lipinski definition) is 1. The molecule has 0 aromatic rings. The van der Waals surface area contributed by atoms with Crippen molar-refractivity contribution in [3.05, 3.63) is 0 Å². The monoisotopic (exact) mass is 99.0 g/mol. The van der Waals surface area contributed by atoms with Crippen LogP contribution in [0.25, 0.3) is 0 Å². The van der Waals surface area contributed by atoms with Crippen molar-refractivity contribution in [2.45, 2.75) is 0 Å². The van der Waals surface area contributed by atoms with Gasteiger partial charge in [-0.25, -0.2) is 0 Å². The predicted octanol–water partition coefficient (Wildman–Crippen LogP) is 0.0747. The van der Waals surface area contributed by atoms with Crippen molar-refractivity contribution in [3.8, 4) is 0 Å². The molecule has 4 heavy (non-hydrogen) atoms. The molecule has 0 unspecified atom stereocenters. The van der Waals surface area contributed by atoms with Crippen molar-refractivity contribution in [3.63, 3.8) is 0 Å². The van der Waals surface area contributed by atoms with E-state index in [1.807, 2.05) is 0 Å². The molecular weight excluding hydrogens is 97.4 g/mol. The molecular formula is H2AlClFO. The van der Waals surface area contributed by atoms with Crippen molar-refractivity contribution < 1.29 is 8.51 Å². The van der Waals surface area contributed by atoms with E-state index >= 15 is 0 Å². The van der Waals surface area contributed by atoms with Crippen LogP contribution in [0.4, 0.5) is 4.70 Å². The molecule has 1 nitrogen and oxygen atoms in total. The van der Waals surface area contributed by atoms with Crippen molar-refractivity contribution in [2.75, 3.05) is 0 Å². The standard InChI is InChI=1S/Al.ClH.FH.O/h;2*1H;. The molecule has 25 valence electrons. The van der Waals surface area contributed by atoms with Gasteiger partial charge >= 0.3 is 20.0 Å². The molecule has 4 heteroatoms. The average molecular weight is 99.4 g/mol. The fourth-order valence-electron chi connectivity index (χ4n) is 0. The third-order valence-corrected chi connectivity index (χ3v) is 0. The molecule has 0 aliphatic rings. The fourth-order valence-corrected chi connectivity index (χ4v) is 0. The second-order valence-electron chi connectivity index (χ2n) is 0. The van der Waals surface area contributed by atoms with Crippen LogP contribution in [0.2, 0.25) is 0 Å². The van der Waals surface area contributed by atoms with E-state index in [2.05, 4.69) is 0 Å². The third-order valence-electron chi connectivity index (χ3n) is 0. The van der Waals surface area contributed by atoms with Gasteiger partial charge in [0.1, 0.15) is 0 Å². The molecule has 0 rings (SSSR count). The van der Waals surface area contributed by atoms with Gasteiger partial charge in [-0.2, -0.15) is 0 Å². The fraction of sp³-hybridized carbons (Fsp3) is 0. The molecule has 0 aromatic heterocycles. The number of rotatable bonds is 0. The Morgan fingerprint density at radius 1 is 1.25 bits per heavy atom. The van der Waals surface area contributed by atoms with Gasteiger partial charge in [0.2, 0.25) is 0 Å². The normalized spacial score (nSPS) is 0.750. The average Bonchev–Trinajstić information content (AvgIpc) is 1.00. The first-order valence-electron chi connectivity index (χ1n) is 0.236. The van der Waals surface area contributed by atoms with Crippen molar-refractivity contribution >= 4 is 28.6 Å². The van der Waals surface area contributed by atoms with Crippen LogP contribution in [0.5, 0.6) is 0 Å². The zero-order valence-corrected chi connectivity index (χ0v) is 3.77. The second kappa shape index (κ2) is 75.8. The van der Waals surface area contributed by atoms with Crippen LogP contribution in [-0.4, -0.2) is 16.2 Å². The topological polar surface area (TPSA) is 17.1 Å². The number of halogens is 2. The summed E-state index contributed by atoms with van der Waals surface area (Å²) in [5.74, 6) is 0. The molecule has 0 atom stereocenters. The molecule has 0 spiro atoms. The Morgan fingerprint density at radius 3 is 1.25 bits per heavy atom. The van der Waals surface area contributed by atoms with E-state index in [0.29, 0.717) is 0 Å². The maximum atomic E-state index is 8.17. The summed E-state index contributed by atoms with van der Waals surface area (Å²) in [6, 6.07) is 0. The first-order chi connectivity index (χ1) is 1.00. The maximum absolute atomic E-state index is 8.17. The molecule has 0 amide bonds. The zero-order chi connectivity index (χ0) is 2.00. The molecule has 0 fully saturated rings. The summed E-state index contributed by atoms with van der Waals surface area (Å²) in [7, 11) is 0. The van der Waals surface area contributed by atoms with E-state index in [0.717, 1.165) is 0 Å². The van der Waals surface area contributed by atoms with Crippen LogP contribution in [0.1, 0.15) is 0 Å². The Kier molecular flexibility index (Phi) is 452. The zero-order valence-electron chi connectivity index (χ0n) is 1.80. The van der Waals surface area contributed by atoms with Gasteiger partial charge in [-0.15, -0.1) is 12.4 Å².